The number of aliphatic hydroxyl groups is 1. The topological polar surface area (TPSA) is 65.3 Å². The van der Waals surface area contributed by atoms with Gasteiger partial charge >= 0.3 is 0 Å². The van der Waals surface area contributed by atoms with Gasteiger partial charge in [-0.25, -0.2) is 0 Å². The van der Waals surface area contributed by atoms with Crippen LogP contribution in [-0.2, 0) is 4.74 Å². The van der Waals surface area contributed by atoms with Crippen LogP contribution in [0.5, 0.6) is 0 Å². The monoisotopic (exact) mass is 252 g/mol. The quantitative estimate of drug-likeness (QED) is 0.861. The molecule has 2 N–H and O–H groups in total. The fourth-order valence-corrected chi connectivity index (χ4v) is 1.94. The first-order chi connectivity index (χ1) is 8.13. The van der Waals surface area contributed by atoms with Gasteiger partial charge in [-0.1, -0.05) is 11.6 Å². The maximum absolute atomic E-state index is 10.0. The summed E-state index contributed by atoms with van der Waals surface area (Å²) >= 11 is 5.91. The zero-order valence-electron chi connectivity index (χ0n) is 9.24. The summed E-state index contributed by atoms with van der Waals surface area (Å²) in [6.07, 6.45) is 0.629. The number of hydrogen-bond acceptors (Lipinski definition) is 4. The lowest BCUT2D eigenvalue weighted by molar-refractivity contribution is 0.0382. The maximum Gasteiger partial charge on any atom is 0.107 e. The van der Waals surface area contributed by atoms with Crippen LogP contribution in [0.25, 0.3) is 0 Å². The molecule has 5 heteroatoms. The third-order valence-electron chi connectivity index (χ3n) is 2.79. The normalized spacial score (nSPS) is 23.4. The second kappa shape index (κ2) is 4.92. The molecule has 0 saturated carbocycles. The Hall–Kier alpha value is -1.28. The molecule has 1 aliphatic rings. The zero-order valence-corrected chi connectivity index (χ0v) is 10.00. The van der Waals surface area contributed by atoms with E-state index in [1.165, 1.54) is 0 Å². The van der Waals surface area contributed by atoms with Crippen molar-refractivity contribution in [1.82, 2.24) is 0 Å². The Morgan fingerprint density at radius 2 is 2.41 bits per heavy atom. The molecule has 90 valence electrons. The zero-order chi connectivity index (χ0) is 12.3. The van der Waals surface area contributed by atoms with Gasteiger partial charge in [0, 0.05) is 25.3 Å². The lowest BCUT2D eigenvalue weighted by Gasteiger charge is -2.21. The van der Waals surface area contributed by atoms with Crippen molar-refractivity contribution in [2.75, 3.05) is 25.1 Å². The molecule has 1 atom stereocenters. The van der Waals surface area contributed by atoms with Gasteiger partial charge in [0.1, 0.15) is 11.7 Å². The van der Waals surface area contributed by atoms with E-state index in [1.807, 2.05) is 6.07 Å². The van der Waals surface area contributed by atoms with Crippen molar-refractivity contribution in [2.24, 2.45) is 0 Å². The van der Waals surface area contributed by atoms with Gasteiger partial charge in [-0.2, -0.15) is 5.26 Å². The van der Waals surface area contributed by atoms with E-state index in [1.54, 1.807) is 18.2 Å². The van der Waals surface area contributed by atoms with E-state index < -0.39 is 5.60 Å². The Kier molecular flexibility index (Phi) is 3.53. The van der Waals surface area contributed by atoms with E-state index in [4.69, 9.17) is 21.6 Å². The highest BCUT2D eigenvalue weighted by molar-refractivity contribution is 6.32. The predicted molar refractivity (Wildman–Crippen MR) is 65.0 cm³/mol. The predicted octanol–water partition coefficient (Wildman–Crippen LogP) is 1.77. The van der Waals surface area contributed by atoms with E-state index in [-0.39, 0.29) is 0 Å². The molecule has 1 aliphatic heterocycles. The summed E-state index contributed by atoms with van der Waals surface area (Å²) in [6.45, 7) is 1.35. The van der Waals surface area contributed by atoms with Gasteiger partial charge in [0.05, 0.1) is 17.2 Å². The van der Waals surface area contributed by atoms with Crippen LogP contribution in [0.4, 0.5) is 5.69 Å². The molecule has 1 unspecified atom stereocenters. The summed E-state index contributed by atoms with van der Waals surface area (Å²) in [6, 6.07) is 7.10. The SMILES string of the molecule is N#Cc1ccc(NCC2(O)CCOC2)cc1Cl. The van der Waals surface area contributed by atoms with Gasteiger partial charge < -0.3 is 15.2 Å². The molecular weight excluding hydrogens is 240 g/mol. The molecule has 1 heterocycles. The first-order valence-electron chi connectivity index (χ1n) is 5.37. The van der Waals surface area contributed by atoms with Crippen LogP contribution < -0.4 is 5.32 Å². The second-order valence-electron chi connectivity index (χ2n) is 4.19. The largest absolute Gasteiger partial charge is 0.386 e. The smallest absolute Gasteiger partial charge is 0.107 e. The van der Waals surface area contributed by atoms with Crippen molar-refractivity contribution in [1.29, 1.82) is 5.26 Å². The number of halogens is 1. The van der Waals surface area contributed by atoms with E-state index in [0.29, 0.717) is 36.8 Å². The molecule has 17 heavy (non-hydrogen) atoms. The van der Waals surface area contributed by atoms with Crippen LogP contribution in [0.1, 0.15) is 12.0 Å². The van der Waals surface area contributed by atoms with Crippen molar-refractivity contribution < 1.29 is 9.84 Å². The Labute approximate surface area is 105 Å². The molecule has 1 aromatic rings. The molecule has 1 aromatic carbocycles. The first kappa shape index (κ1) is 12.2. The van der Waals surface area contributed by atoms with Crippen LogP contribution in [0.2, 0.25) is 5.02 Å². The van der Waals surface area contributed by atoms with Crippen LogP contribution >= 0.6 is 11.6 Å². The van der Waals surface area contributed by atoms with E-state index in [2.05, 4.69) is 5.32 Å². The summed E-state index contributed by atoms with van der Waals surface area (Å²) in [5, 5.41) is 22.3. The number of anilines is 1. The number of ether oxygens (including phenoxy) is 1. The highest BCUT2D eigenvalue weighted by Gasteiger charge is 2.31. The van der Waals surface area contributed by atoms with Gasteiger partial charge in [0.15, 0.2) is 0 Å². The lowest BCUT2D eigenvalue weighted by atomic mass is 10.0. The molecule has 4 nitrogen and oxygen atoms in total. The minimum Gasteiger partial charge on any atom is -0.386 e. The highest BCUT2D eigenvalue weighted by Crippen LogP contribution is 2.23. The molecule has 0 amide bonds. The van der Waals surface area contributed by atoms with Crippen LogP contribution in [0.15, 0.2) is 18.2 Å². The van der Waals surface area contributed by atoms with Crippen LogP contribution in [0.3, 0.4) is 0 Å². The van der Waals surface area contributed by atoms with Gasteiger partial charge in [-0.05, 0) is 18.2 Å². The fourth-order valence-electron chi connectivity index (χ4n) is 1.72. The number of benzene rings is 1. The van der Waals surface area contributed by atoms with Crippen molar-refractivity contribution in [3.05, 3.63) is 28.8 Å². The third-order valence-corrected chi connectivity index (χ3v) is 3.11. The van der Waals surface area contributed by atoms with Gasteiger partial charge in [0.25, 0.3) is 0 Å². The molecule has 2 rings (SSSR count). The van der Waals surface area contributed by atoms with Crippen molar-refractivity contribution in [3.8, 4) is 6.07 Å². The third kappa shape index (κ3) is 2.89. The molecule has 1 fully saturated rings. The Morgan fingerprint density at radius 1 is 1.59 bits per heavy atom. The molecule has 0 aliphatic carbocycles. The first-order valence-corrected chi connectivity index (χ1v) is 5.74. The van der Waals surface area contributed by atoms with Crippen molar-refractivity contribution in [2.45, 2.75) is 12.0 Å². The number of hydrogen-bond donors (Lipinski definition) is 2. The van der Waals surface area contributed by atoms with Crippen LogP contribution in [0, 0.1) is 11.3 Å². The Morgan fingerprint density at radius 3 is 3.00 bits per heavy atom. The Balaban J connectivity index is 2.00. The molecule has 0 radical (unpaired) electrons. The summed E-state index contributed by atoms with van der Waals surface area (Å²) in [4.78, 5) is 0. The number of rotatable bonds is 3. The maximum atomic E-state index is 10.0. The number of nitriles is 1. The minimum absolute atomic E-state index is 0.351. The Bertz CT molecular complexity index is 450. The molecular formula is C12H13ClN2O2. The van der Waals surface area contributed by atoms with Crippen LogP contribution in [-0.4, -0.2) is 30.5 Å². The van der Waals surface area contributed by atoms with Gasteiger partial charge in [-0.3, -0.25) is 0 Å². The average molecular weight is 253 g/mol. The highest BCUT2D eigenvalue weighted by atomic mass is 35.5. The average Bonchev–Trinajstić information content (AvgIpc) is 2.74. The molecule has 1 saturated heterocycles. The number of nitrogens with one attached hydrogen (secondary N) is 1. The molecule has 0 bridgehead atoms. The van der Waals surface area contributed by atoms with E-state index >= 15 is 0 Å². The summed E-state index contributed by atoms with van der Waals surface area (Å²) < 4.78 is 5.15. The lowest BCUT2D eigenvalue weighted by Crippen LogP contribution is -2.37. The summed E-state index contributed by atoms with van der Waals surface area (Å²) in [5.74, 6) is 0. The minimum atomic E-state index is -0.805. The van der Waals surface area contributed by atoms with E-state index in [0.717, 1.165) is 5.69 Å². The summed E-state index contributed by atoms with van der Waals surface area (Å²) in [5.41, 5.74) is 0.426. The van der Waals surface area contributed by atoms with Crippen molar-refractivity contribution in [3.63, 3.8) is 0 Å². The molecule has 0 spiro atoms. The molecule has 0 aromatic heterocycles. The van der Waals surface area contributed by atoms with Gasteiger partial charge in [-0.15, -0.1) is 0 Å². The van der Waals surface area contributed by atoms with Crippen molar-refractivity contribution >= 4 is 17.3 Å². The van der Waals surface area contributed by atoms with Gasteiger partial charge in [0.2, 0.25) is 0 Å². The second-order valence-corrected chi connectivity index (χ2v) is 4.59. The van der Waals surface area contributed by atoms with E-state index in [9.17, 15) is 5.11 Å². The standard InChI is InChI=1S/C12H13ClN2O2/c13-11-5-10(2-1-9(11)6-14)15-7-12(16)3-4-17-8-12/h1-2,5,15-16H,3-4,7-8H2. The number of nitrogens with zero attached hydrogens (tertiary/aromatic N) is 1. The summed E-state index contributed by atoms with van der Waals surface area (Å²) in [7, 11) is 0. The fraction of sp³-hybridized carbons (Fsp3) is 0.417.